The van der Waals surface area contributed by atoms with Crippen molar-refractivity contribution in [2.75, 3.05) is 44.2 Å². The van der Waals surface area contributed by atoms with Crippen LogP contribution < -0.4 is 9.64 Å². The Balaban J connectivity index is 1.47. The summed E-state index contributed by atoms with van der Waals surface area (Å²) in [5, 5.41) is 8.92. The normalized spacial score (nSPS) is 15.4. The van der Waals surface area contributed by atoms with E-state index in [1.807, 2.05) is 24.3 Å². The maximum Gasteiger partial charge on any atom is 0.119 e. The van der Waals surface area contributed by atoms with E-state index in [0.29, 0.717) is 5.56 Å². The molecule has 1 fully saturated rings. The fourth-order valence-electron chi connectivity index (χ4n) is 3.20. The van der Waals surface area contributed by atoms with Crippen LogP contribution >= 0.6 is 0 Å². The molecule has 0 aromatic heterocycles. The number of hydrogen-bond acceptors (Lipinski definition) is 4. The van der Waals surface area contributed by atoms with E-state index in [-0.39, 0.29) is 0 Å². The van der Waals surface area contributed by atoms with Crippen LogP contribution in [0.15, 0.2) is 48.5 Å². The van der Waals surface area contributed by atoms with Crippen LogP contribution in [-0.2, 0) is 0 Å². The van der Waals surface area contributed by atoms with Crippen molar-refractivity contribution in [3.8, 4) is 11.8 Å². The first-order valence-electron chi connectivity index (χ1n) is 8.91. The molecule has 1 aliphatic heterocycles. The molecule has 0 atom stereocenters. The molecule has 2 aromatic rings. The van der Waals surface area contributed by atoms with Crippen LogP contribution in [0.4, 0.5) is 5.69 Å². The molecule has 0 unspecified atom stereocenters. The number of aryl methyl sites for hydroxylation is 1. The third kappa shape index (κ3) is 4.98. The zero-order valence-electron chi connectivity index (χ0n) is 14.8. The number of nitrogens with zero attached hydrogens (tertiary/aromatic N) is 3. The molecule has 130 valence electrons. The van der Waals surface area contributed by atoms with Gasteiger partial charge in [-0.1, -0.05) is 12.1 Å². The molecule has 0 bridgehead atoms. The number of nitriles is 1. The van der Waals surface area contributed by atoms with Crippen molar-refractivity contribution in [1.82, 2.24) is 4.90 Å². The van der Waals surface area contributed by atoms with Crippen LogP contribution in [0.3, 0.4) is 0 Å². The number of ether oxygens (including phenoxy) is 1. The second kappa shape index (κ2) is 8.55. The summed E-state index contributed by atoms with van der Waals surface area (Å²) in [5.41, 5.74) is 3.15. The number of hydrogen-bond donors (Lipinski definition) is 0. The summed E-state index contributed by atoms with van der Waals surface area (Å²) in [7, 11) is 0. The van der Waals surface area contributed by atoms with Gasteiger partial charge in [-0.15, -0.1) is 0 Å². The standard InChI is InChI=1S/C21H25N3O/c1-18-4-2-5-21(16-18)25-15-14-23-10-3-11-24(13-12-23)20-8-6-19(17-22)7-9-20/h2,4-9,16H,3,10-15H2,1H3. The molecular weight excluding hydrogens is 310 g/mol. The van der Waals surface area contributed by atoms with E-state index in [2.05, 4.69) is 47.1 Å². The van der Waals surface area contributed by atoms with E-state index in [1.165, 1.54) is 11.3 Å². The maximum atomic E-state index is 8.92. The van der Waals surface area contributed by atoms with Crippen molar-refractivity contribution in [1.29, 1.82) is 5.26 Å². The highest BCUT2D eigenvalue weighted by Gasteiger charge is 2.15. The van der Waals surface area contributed by atoms with Crippen molar-refractivity contribution < 1.29 is 4.74 Å². The number of benzene rings is 2. The molecule has 1 heterocycles. The smallest absolute Gasteiger partial charge is 0.119 e. The topological polar surface area (TPSA) is 39.5 Å². The van der Waals surface area contributed by atoms with Gasteiger partial charge in [0.2, 0.25) is 0 Å². The molecule has 0 N–H and O–H groups in total. The summed E-state index contributed by atoms with van der Waals surface area (Å²) in [6.07, 6.45) is 1.14. The summed E-state index contributed by atoms with van der Waals surface area (Å²) in [6, 6.07) is 18.3. The predicted molar refractivity (Wildman–Crippen MR) is 101 cm³/mol. The van der Waals surface area contributed by atoms with Gasteiger partial charge in [0.05, 0.1) is 11.6 Å². The van der Waals surface area contributed by atoms with E-state index >= 15 is 0 Å². The Morgan fingerprint density at radius 2 is 1.88 bits per heavy atom. The summed E-state index contributed by atoms with van der Waals surface area (Å²) in [4.78, 5) is 4.88. The molecule has 4 nitrogen and oxygen atoms in total. The SMILES string of the molecule is Cc1cccc(OCCN2CCCN(c3ccc(C#N)cc3)CC2)c1. The minimum atomic E-state index is 0.716. The zero-order valence-corrected chi connectivity index (χ0v) is 14.8. The fourth-order valence-corrected chi connectivity index (χ4v) is 3.20. The van der Waals surface area contributed by atoms with E-state index in [1.54, 1.807) is 0 Å². The zero-order chi connectivity index (χ0) is 17.5. The first-order valence-corrected chi connectivity index (χ1v) is 8.91. The third-order valence-corrected chi connectivity index (χ3v) is 4.62. The van der Waals surface area contributed by atoms with Crippen molar-refractivity contribution in [3.05, 3.63) is 59.7 Å². The van der Waals surface area contributed by atoms with E-state index < -0.39 is 0 Å². The Bertz CT molecular complexity index is 721. The second-order valence-electron chi connectivity index (χ2n) is 6.51. The molecule has 0 spiro atoms. The van der Waals surface area contributed by atoms with Gasteiger partial charge in [-0.3, -0.25) is 4.90 Å². The van der Waals surface area contributed by atoms with Crippen molar-refractivity contribution in [2.24, 2.45) is 0 Å². The lowest BCUT2D eigenvalue weighted by molar-refractivity contribution is 0.218. The molecule has 0 saturated carbocycles. The molecule has 1 saturated heterocycles. The highest BCUT2D eigenvalue weighted by Crippen LogP contribution is 2.17. The summed E-state index contributed by atoms with van der Waals surface area (Å²) in [5.74, 6) is 0.953. The Labute approximate surface area is 150 Å². The molecule has 3 rings (SSSR count). The lowest BCUT2D eigenvalue weighted by Gasteiger charge is -2.23. The first-order chi connectivity index (χ1) is 12.2. The molecule has 2 aromatic carbocycles. The Kier molecular flexibility index (Phi) is 5.92. The monoisotopic (exact) mass is 335 g/mol. The van der Waals surface area contributed by atoms with Gasteiger partial charge in [0.25, 0.3) is 0 Å². The largest absolute Gasteiger partial charge is 0.492 e. The minimum Gasteiger partial charge on any atom is -0.492 e. The van der Waals surface area contributed by atoms with Crippen LogP contribution in [0.5, 0.6) is 5.75 Å². The summed E-state index contributed by atoms with van der Waals surface area (Å²) in [6.45, 7) is 7.97. The van der Waals surface area contributed by atoms with Crippen LogP contribution in [0.1, 0.15) is 17.5 Å². The lowest BCUT2D eigenvalue weighted by atomic mass is 10.2. The quantitative estimate of drug-likeness (QED) is 0.839. The highest BCUT2D eigenvalue weighted by molar-refractivity contribution is 5.49. The summed E-state index contributed by atoms with van der Waals surface area (Å²) < 4.78 is 5.88. The van der Waals surface area contributed by atoms with Crippen LogP contribution in [0, 0.1) is 18.3 Å². The van der Waals surface area contributed by atoms with Gasteiger partial charge in [0.1, 0.15) is 12.4 Å². The Morgan fingerprint density at radius 1 is 1.04 bits per heavy atom. The molecule has 25 heavy (non-hydrogen) atoms. The van der Waals surface area contributed by atoms with Crippen molar-refractivity contribution in [2.45, 2.75) is 13.3 Å². The number of anilines is 1. The van der Waals surface area contributed by atoms with Gasteiger partial charge < -0.3 is 9.64 Å². The predicted octanol–water partition coefficient (Wildman–Crippen LogP) is 3.46. The average Bonchev–Trinajstić information content (AvgIpc) is 2.88. The van der Waals surface area contributed by atoms with Crippen LogP contribution in [0.25, 0.3) is 0 Å². The Morgan fingerprint density at radius 3 is 2.64 bits per heavy atom. The van der Waals surface area contributed by atoms with E-state index in [9.17, 15) is 0 Å². The minimum absolute atomic E-state index is 0.716. The highest BCUT2D eigenvalue weighted by atomic mass is 16.5. The molecule has 1 aliphatic rings. The molecule has 0 radical (unpaired) electrons. The van der Waals surface area contributed by atoms with Gasteiger partial charge in [0.15, 0.2) is 0 Å². The maximum absolute atomic E-state index is 8.92. The van der Waals surface area contributed by atoms with Crippen molar-refractivity contribution in [3.63, 3.8) is 0 Å². The van der Waals surface area contributed by atoms with Gasteiger partial charge in [-0.05, 0) is 55.3 Å². The van der Waals surface area contributed by atoms with Gasteiger partial charge in [0, 0.05) is 38.4 Å². The first kappa shape index (κ1) is 17.3. The molecule has 0 aliphatic carbocycles. The van der Waals surface area contributed by atoms with Crippen LogP contribution in [-0.4, -0.2) is 44.2 Å². The van der Waals surface area contributed by atoms with E-state index in [4.69, 9.17) is 10.00 Å². The average molecular weight is 335 g/mol. The fraction of sp³-hybridized carbons (Fsp3) is 0.381. The van der Waals surface area contributed by atoms with Gasteiger partial charge >= 0.3 is 0 Å². The van der Waals surface area contributed by atoms with Gasteiger partial charge in [-0.25, -0.2) is 0 Å². The number of rotatable bonds is 5. The molecular formula is C21H25N3O. The van der Waals surface area contributed by atoms with E-state index in [0.717, 1.165) is 51.5 Å². The van der Waals surface area contributed by atoms with Crippen LogP contribution in [0.2, 0.25) is 0 Å². The lowest BCUT2D eigenvalue weighted by Crippen LogP contribution is -2.33. The summed E-state index contributed by atoms with van der Waals surface area (Å²) >= 11 is 0. The molecule has 4 heteroatoms. The van der Waals surface area contributed by atoms with Crippen molar-refractivity contribution >= 4 is 5.69 Å². The third-order valence-electron chi connectivity index (χ3n) is 4.62. The second-order valence-corrected chi connectivity index (χ2v) is 6.51. The Hall–Kier alpha value is -2.51. The molecule has 0 amide bonds. The van der Waals surface area contributed by atoms with Gasteiger partial charge in [-0.2, -0.15) is 5.26 Å².